The van der Waals surface area contributed by atoms with Gasteiger partial charge in [-0.2, -0.15) is 5.10 Å². The van der Waals surface area contributed by atoms with E-state index >= 15 is 0 Å². The first-order valence-corrected chi connectivity index (χ1v) is 10.1. The summed E-state index contributed by atoms with van der Waals surface area (Å²) in [6.45, 7) is 1.15. The third-order valence-corrected chi connectivity index (χ3v) is 5.62. The number of benzene rings is 2. The summed E-state index contributed by atoms with van der Waals surface area (Å²) in [4.78, 5) is 0. The first kappa shape index (κ1) is 22.5. The van der Waals surface area contributed by atoms with Crippen LogP contribution in [0.15, 0.2) is 36.4 Å². The van der Waals surface area contributed by atoms with Gasteiger partial charge in [0.2, 0.25) is 6.29 Å². The van der Waals surface area contributed by atoms with Crippen LogP contribution in [0.4, 0.5) is 0 Å². The molecule has 4 rings (SSSR count). The Morgan fingerprint density at radius 2 is 1.88 bits per heavy atom. The van der Waals surface area contributed by atoms with Crippen molar-refractivity contribution in [1.82, 2.24) is 10.2 Å². The Labute approximate surface area is 183 Å². The van der Waals surface area contributed by atoms with E-state index in [2.05, 4.69) is 10.2 Å². The number of aromatic amines is 1. The fourth-order valence-corrected chi connectivity index (χ4v) is 3.84. The van der Waals surface area contributed by atoms with E-state index in [0.29, 0.717) is 23.0 Å². The Balaban J connectivity index is 1.71. The number of ether oxygens (including phenoxy) is 3. The lowest BCUT2D eigenvalue weighted by atomic mass is 9.95. The maximum atomic E-state index is 10.9. The summed E-state index contributed by atoms with van der Waals surface area (Å²) >= 11 is 0. The molecule has 5 atom stereocenters. The predicted molar refractivity (Wildman–Crippen MR) is 112 cm³/mol. The summed E-state index contributed by atoms with van der Waals surface area (Å²) < 4.78 is 16.0. The molecule has 0 bridgehead atoms. The van der Waals surface area contributed by atoms with Crippen LogP contribution in [-0.2, 0) is 11.2 Å². The molecule has 1 fully saturated rings. The topological polar surface area (TPSA) is 158 Å². The number of hydrogen-bond acceptors (Lipinski definition) is 9. The molecule has 10 heteroatoms. The SMILES string of the molecule is COc1ccc(Cc2n[nH]c3cc(C)cc(O[C@]4(O)[C@H](O)O[C@H](CO)[C@@H](O)[C@@H]4O)c23)cc1. The molecule has 10 nitrogen and oxygen atoms in total. The van der Waals surface area contributed by atoms with E-state index in [1.165, 1.54) is 0 Å². The maximum absolute atomic E-state index is 10.9. The highest BCUT2D eigenvalue weighted by molar-refractivity contribution is 5.88. The van der Waals surface area contributed by atoms with Gasteiger partial charge >= 0.3 is 0 Å². The molecule has 6 N–H and O–H groups in total. The third kappa shape index (κ3) is 3.92. The first-order chi connectivity index (χ1) is 15.3. The van der Waals surface area contributed by atoms with Gasteiger partial charge in [0, 0.05) is 6.42 Å². The Bertz CT molecular complexity index is 1090. The van der Waals surface area contributed by atoms with Crippen molar-refractivity contribution >= 4 is 10.9 Å². The second-order valence-corrected chi connectivity index (χ2v) is 7.88. The number of methoxy groups -OCH3 is 1. The van der Waals surface area contributed by atoms with Gasteiger partial charge in [-0.3, -0.25) is 5.10 Å². The number of aliphatic hydroxyl groups excluding tert-OH is 4. The molecular weight excluding hydrogens is 420 g/mol. The lowest BCUT2D eigenvalue weighted by Gasteiger charge is -2.45. The molecule has 0 amide bonds. The Morgan fingerprint density at radius 3 is 2.53 bits per heavy atom. The molecule has 2 heterocycles. The third-order valence-electron chi connectivity index (χ3n) is 5.62. The molecule has 2 aromatic carbocycles. The Hall–Kier alpha value is -2.73. The van der Waals surface area contributed by atoms with Crippen LogP contribution in [0.5, 0.6) is 11.5 Å². The molecule has 1 aliphatic heterocycles. The monoisotopic (exact) mass is 446 g/mol. The number of rotatable bonds is 6. The minimum absolute atomic E-state index is 0.135. The highest BCUT2D eigenvalue weighted by atomic mass is 16.7. The lowest BCUT2D eigenvalue weighted by Crippen LogP contribution is -2.69. The van der Waals surface area contributed by atoms with E-state index in [1.54, 1.807) is 20.1 Å². The van der Waals surface area contributed by atoms with Crippen LogP contribution < -0.4 is 9.47 Å². The molecule has 0 saturated carbocycles. The standard InChI is InChI=1S/C22H26N2O8/c1-11-7-14-18(15(24-23-14)9-12-3-5-13(30-2)6-4-12)16(8-11)32-22(29)20(27)19(26)17(10-25)31-21(22)28/h3-8,17,19-21,25-29H,9-10H2,1-2H3,(H,23,24)/t17-,19-,20+,21-,22+/m1/s1. The Kier molecular flexibility index (Phi) is 6.08. The lowest BCUT2D eigenvalue weighted by molar-refractivity contribution is -0.385. The van der Waals surface area contributed by atoms with Gasteiger partial charge in [0.05, 0.1) is 30.3 Å². The summed E-state index contributed by atoms with van der Waals surface area (Å²) in [5.41, 5.74) is 2.96. The van der Waals surface area contributed by atoms with Crippen LogP contribution in [0, 0.1) is 6.92 Å². The largest absolute Gasteiger partial charge is 0.497 e. The van der Waals surface area contributed by atoms with Gasteiger partial charge in [0.25, 0.3) is 5.79 Å². The fraction of sp³-hybridized carbons (Fsp3) is 0.409. The number of fused-ring (bicyclic) bond motifs is 1. The van der Waals surface area contributed by atoms with Crippen molar-refractivity contribution in [2.75, 3.05) is 13.7 Å². The number of nitrogens with zero attached hydrogens (tertiary/aromatic N) is 1. The maximum Gasteiger partial charge on any atom is 0.288 e. The van der Waals surface area contributed by atoms with E-state index < -0.39 is 37.0 Å². The second kappa shape index (κ2) is 8.66. The van der Waals surface area contributed by atoms with Crippen LogP contribution >= 0.6 is 0 Å². The predicted octanol–water partition coefficient (Wildman–Crippen LogP) is -0.0306. The number of nitrogens with one attached hydrogen (secondary N) is 1. The van der Waals surface area contributed by atoms with Crippen molar-refractivity contribution in [2.45, 2.75) is 43.7 Å². The highest BCUT2D eigenvalue weighted by Crippen LogP contribution is 2.37. The van der Waals surface area contributed by atoms with Gasteiger partial charge in [-0.05, 0) is 42.3 Å². The quantitative estimate of drug-likeness (QED) is 0.286. The van der Waals surface area contributed by atoms with E-state index in [4.69, 9.17) is 14.2 Å². The number of H-pyrrole nitrogens is 1. The molecular formula is C22H26N2O8. The second-order valence-electron chi connectivity index (χ2n) is 7.88. The zero-order valence-electron chi connectivity index (χ0n) is 17.6. The molecule has 1 aromatic heterocycles. The zero-order valence-corrected chi connectivity index (χ0v) is 17.6. The van der Waals surface area contributed by atoms with E-state index in [0.717, 1.165) is 16.9 Å². The van der Waals surface area contributed by atoms with Gasteiger partial charge in [-0.1, -0.05) is 12.1 Å². The number of hydrogen-bond donors (Lipinski definition) is 6. The van der Waals surface area contributed by atoms with Gasteiger partial charge < -0.3 is 39.7 Å². The number of aryl methyl sites for hydroxylation is 1. The van der Waals surface area contributed by atoms with Crippen LogP contribution in [0.1, 0.15) is 16.8 Å². The zero-order chi connectivity index (χ0) is 23.0. The van der Waals surface area contributed by atoms with E-state index in [-0.39, 0.29) is 5.75 Å². The molecule has 0 radical (unpaired) electrons. The van der Waals surface area contributed by atoms with Crippen molar-refractivity contribution in [3.63, 3.8) is 0 Å². The van der Waals surface area contributed by atoms with Gasteiger partial charge in [0.15, 0.2) is 6.10 Å². The summed E-state index contributed by atoms with van der Waals surface area (Å²) in [7, 11) is 1.59. The molecule has 32 heavy (non-hydrogen) atoms. The van der Waals surface area contributed by atoms with Crippen LogP contribution in [0.2, 0.25) is 0 Å². The highest BCUT2D eigenvalue weighted by Gasteiger charge is 2.57. The fourth-order valence-electron chi connectivity index (χ4n) is 3.84. The van der Waals surface area contributed by atoms with Crippen molar-refractivity contribution in [3.05, 3.63) is 53.2 Å². The summed E-state index contributed by atoms with van der Waals surface area (Å²) in [5.74, 6) is -1.82. The molecule has 0 aliphatic carbocycles. The number of aromatic nitrogens is 2. The van der Waals surface area contributed by atoms with E-state index in [1.807, 2.05) is 30.3 Å². The normalized spacial score (nSPS) is 28.1. The van der Waals surface area contributed by atoms with Crippen molar-refractivity contribution in [3.8, 4) is 11.5 Å². The van der Waals surface area contributed by atoms with Gasteiger partial charge in [0.1, 0.15) is 23.7 Å². The summed E-state index contributed by atoms with van der Waals surface area (Å²) in [6.07, 6.45) is -6.50. The average Bonchev–Trinajstić information content (AvgIpc) is 3.18. The summed E-state index contributed by atoms with van der Waals surface area (Å²) in [5, 5.41) is 59.0. The molecule has 0 unspecified atom stereocenters. The minimum atomic E-state index is -2.68. The van der Waals surface area contributed by atoms with E-state index in [9.17, 15) is 25.5 Å². The van der Waals surface area contributed by atoms with Crippen molar-refractivity contribution in [1.29, 1.82) is 0 Å². The average molecular weight is 446 g/mol. The smallest absolute Gasteiger partial charge is 0.288 e. The summed E-state index contributed by atoms with van der Waals surface area (Å²) in [6, 6.07) is 10.9. The van der Waals surface area contributed by atoms with Crippen LogP contribution in [0.25, 0.3) is 10.9 Å². The number of aliphatic hydroxyl groups is 5. The minimum Gasteiger partial charge on any atom is -0.497 e. The molecule has 1 aliphatic rings. The van der Waals surface area contributed by atoms with Crippen molar-refractivity contribution < 1.29 is 39.7 Å². The molecule has 3 aromatic rings. The molecule has 0 spiro atoms. The van der Waals surface area contributed by atoms with Crippen LogP contribution in [-0.4, -0.2) is 79.8 Å². The first-order valence-electron chi connectivity index (χ1n) is 10.1. The van der Waals surface area contributed by atoms with Gasteiger partial charge in [-0.25, -0.2) is 0 Å². The van der Waals surface area contributed by atoms with Gasteiger partial charge in [-0.15, -0.1) is 0 Å². The van der Waals surface area contributed by atoms with Crippen molar-refractivity contribution in [2.24, 2.45) is 0 Å². The Morgan fingerprint density at radius 1 is 1.16 bits per heavy atom. The van der Waals surface area contributed by atoms with Crippen LogP contribution in [0.3, 0.4) is 0 Å². The molecule has 172 valence electrons. The molecule has 1 saturated heterocycles.